The zero-order chi connectivity index (χ0) is 6.27. The van der Waals surface area contributed by atoms with E-state index >= 15 is 0 Å². The molecule has 0 aromatic carbocycles. The molecule has 2 aliphatic rings. The quantitative estimate of drug-likeness (QED) is 0.502. The van der Waals surface area contributed by atoms with Crippen molar-refractivity contribution in [1.82, 2.24) is 10.2 Å². The molecule has 1 unspecified atom stereocenters. The van der Waals surface area contributed by atoms with Gasteiger partial charge in [0, 0.05) is 38.0 Å². The Labute approximate surface area is 55.5 Å². The van der Waals surface area contributed by atoms with Gasteiger partial charge < -0.3 is 10.2 Å². The lowest BCUT2D eigenvalue weighted by Crippen LogP contribution is -2.11. The van der Waals surface area contributed by atoms with E-state index in [4.69, 9.17) is 0 Å². The Morgan fingerprint density at radius 1 is 1.78 bits per heavy atom. The van der Waals surface area contributed by atoms with Crippen LogP contribution in [0.1, 0.15) is 6.42 Å². The summed E-state index contributed by atoms with van der Waals surface area (Å²) in [6.45, 7) is 2.41. The first-order valence-corrected chi connectivity index (χ1v) is 3.52. The van der Waals surface area contributed by atoms with Crippen molar-refractivity contribution in [3.8, 4) is 0 Å². The summed E-state index contributed by atoms with van der Waals surface area (Å²) >= 11 is 0. The first-order chi connectivity index (χ1) is 4.36. The molecule has 1 fully saturated rings. The highest BCUT2D eigenvalue weighted by molar-refractivity contribution is 5.14. The molecule has 2 nitrogen and oxygen atoms in total. The Hall–Kier alpha value is -0.660. The van der Waals surface area contributed by atoms with Gasteiger partial charge in [0.1, 0.15) is 0 Å². The normalized spacial score (nSPS) is 31.9. The number of hydrogen-bond acceptors (Lipinski definition) is 2. The van der Waals surface area contributed by atoms with E-state index in [-0.39, 0.29) is 0 Å². The van der Waals surface area contributed by atoms with E-state index < -0.39 is 0 Å². The third kappa shape index (κ3) is 0.696. The summed E-state index contributed by atoms with van der Waals surface area (Å²) in [6, 6.07) is 0. The van der Waals surface area contributed by atoms with Crippen LogP contribution in [0, 0.1) is 5.92 Å². The van der Waals surface area contributed by atoms with Crippen molar-refractivity contribution in [1.29, 1.82) is 0 Å². The average Bonchev–Trinajstić information content (AvgIpc) is 2.22. The Bertz CT molecular complexity index is 151. The van der Waals surface area contributed by atoms with E-state index in [0.29, 0.717) is 0 Å². The van der Waals surface area contributed by atoms with Gasteiger partial charge in [0.2, 0.25) is 0 Å². The summed E-state index contributed by atoms with van der Waals surface area (Å²) in [7, 11) is 2.13. The van der Waals surface area contributed by atoms with Crippen LogP contribution >= 0.6 is 0 Å². The summed E-state index contributed by atoms with van der Waals surface area (Å²) in [5, 5.41) is 3.37. The third-order valence-electron chi connectivity index (χ3n) is 2.13. The molecule has 0 aromatic heterocycles. The fourth-order valence-electron chi connectivity index (χ4n) is 1.67. The van der Waals surface area contributed by atoms with Crippen LogP contribution in [0.15, 0.2) is 11.9 Å². The lowest BCUT2D eigenvalue weighted by atomic mass is 10.1. The molecular formula is C7H12N2. The van der Waals surface area contributed by atoms with Gasteiger partial charge in [-0.1, -0.05) is 0 Å². The molecule has 2 rings (SSSR count). The smallest absolute Gasteiger partial charge is 0.0318 e. The highest BCUT2D eigenvalue weighted by Crippen LogP contribution is 2.25. The molecule has 50 valence electrons. The second-order valence-corrected chi connectivity index (χ2v) is 2.94. The van der Waals surface area contributed by atoms with Crippen LogP contribution < -0.4 is 5.32 Å². The molecule has 0 amide bonds. The molecule has 0 spiro atoms. The zero-order valence-electron chi connectivity index (χ0n) is 5.72. The summed E-state index contributed by atoms with van der Waals surface area (Å²) in [5.41, 5.74) is 1.46. The Morgan fingerprint density at radius 3 is 3.44 bits per heavy atom. The van der Waals surface area contributed by atoms with Crippen molar-refractivity contribution < 1.29 is 0 Å². The van der Waals surface area contributed by atoms with Crippen molar-refractivity contribution in [3.63, 3.8) is 0 Å². The fourth-order valence-corrected chi connectivity index (χ4v) is 1.67. The number of nitrogens with one attached hydrogen (secondary N) is 1. The van der Waals surface area contributed by atoms with Gasteiger partial charge in [0.25, 0.3) is 0 Å². The molecule has 0 aliphatic carbocycles. The maximum absolute atomic E-state index is 3.37. The maximum Gasteiger partial charge on any atom is 0.0318 e. The van der Waals surface area contributed by atoms with E-state index in [0.717, 1.165) is 5.92 Å². The molecule has 1 N–H and O–H groups in total. The third-order valence-corrected chi connectivity index (χ3v) is 2.13. The molecule has 0 saturated carbocycles. The van der Waals surface area contributed by atoms with Crippen LogP contribution in [-0.4, -0.2) is 25.0 Å². The van der Waals surface area contributed by atoms with Gasteiger partial charge in [-0.25, -0.2) is 0 Å². The van der Waals surface area contributed by atoms with Crippen LogP contribution in [0.5, 0.6) is 0 Å². The van der Waals surface area contributed by atoms with Crippen LogP contribution in [-0.2, 0) is 0 Å². The van der Waals surface area contributed by atoms with Crippen molar-refractivity contribution in [2.75, 3.05) is 20.1 Å². The van der Waals surface area contributed by atoms with E-state index in [2.05, 4.69) is 23.5 Å². The molecule has 0 bridgehead atoms. The predicted molar refractivity (Wildman–Crippen MR) is 36.8 cm³/mol. The molecule has 0 aromatic rings. The van der Waals surface area contributed by atoms with E-state index in [9.17, 15) is 0 Å². The van der Waals surface area contributed by atoms with Gasteiger partial charge >= 0.3 is 0 Å². The minimum atomic E-state index is 0.829. The van der Waals surface area contributed by atoms with Crippen molar-refractivity contribution in [3.05, 3.63) is 11.9 Å². The van der Waals surface area contributed by atoms with Gasteiger partial charge in [-0.2, -0.15) is 0 Å². The molecule has 1 saturated heterocycles. The summed E-state index contributed by atoms with van der Waals surface area (Å²) in [4.78, 5) is 2.26. The van der Waals surface area contributed by atoms with Gasteiger partial charge in [0.15, 0.2) is 0 Å². The van der Waals surface area contributed by atoms with Gasteiger partial charge in [-0.05, 0) is 6.42 Å². The lowest BCUT2D eigenvalue weighted by molar-refractivity contribution is 0.433. The Balaban J connectivity index is 2.18. The van der Waals surface area contributed by atoms with Crippen LogP contribution in [0.2, 0.25) is 0 Å². The minimum absolute atomic E-state index is 0.829. The second kappa shape index (κ2) is 1.66. The highest BCUT2D eigenvalue weighted by Gasteiger charge is 2.26. The molecule has 1 atom stereocenters. The molecule has 2 aliphatic heterocycles. The standard InChI is InChI=1S/C7H12N2/c1-9-4-6-2-3-8-7(6)5-9/h5-6,8H,2-4H2,1H3. The highest BCUT2D eigenvalue weighted by atomic mass is 15.1. The first-order valence-electron chi connectivity index (χ1n) is 3.52. The van der Waals surface area contributed by atoms with Gasteiger partial charge in [0.05, 0.1) is 0 Å². The SMILES string of the molecule is CN1C=C2NCCC2C1. The zero-order valence-corrected chi connectivity index (χ0v) is 5.72. The van der Waals surface area contributed by atoms with Crippen LogP contribution in [0.3, 0.4) is 0 Å². The largest absolute Gasteiger partial charge is 0.387 e. The Morgan fingerprint density at radius 2 is 2.67 bits per heavy atom. The molecule has 0 radical (unpaired) electrons. The molecule has 2 heteroatoms. The van der Waals surface area contributed by atoms with Crippen molar-refractivity contribution in [2.45, 2.75) is 6.42 Å². The number of rotatable bonds is 0. The van der Waals surface area contributed by atoms with Crippen LogP contribution in [0.25, 0.3) is 0 Å². The predicted octanol–water partition coefficient (Wildman–Crippen LogP) is 0.383. The fraction of sp³-hybridized carbons (Fsp3) is 0.714. The number of fused-ring (bicyclic) bond motifs is 1. The van der Waals surface area contributed by atoms with E-state index in [1.54, 1.807) is 0 Å². The number of hydrogen-bond donors (Lipinski definition) is 1. The summed E-state index contributed by atoms with van der Waals surface area (Å²) in [6.07, 6.45) is 3.55. The maximum atomic E-state index is 3.37. The first kappa shape index (κ1) is 5.15. The molecular weight excluding hydrogens is 112 g/mol. The van der Waals surface area contributed by atoms with Gasteiger partial charge in [-0.3, -0.25) is 0 Å². The summed E-state index contributed by atoms with van der Waals surface area (Å²) < 4.78 is 0. The molecule has 2 heterocycles. The second-order valence-electron chi connectivity index (χ2n) is 2.94. The monoisotopic (exact) mass is 124 g/mol. The minimum Gasteiger partial charge on any atom is -0.387 e. The average molecular weight is 124 g/mol. The topological polar surface area (TPSA) is 15.3 Å². The molecule has 9 heavy (non-hydrogen) atoms. The Kier molecular flexibility index (Phi) is 0.949. The van der Waals surface area contributed by atoms with E-state index in [1.165, 1.54) is 25.2 Å². The lowest BCUT2D eigenvalue weighted by Gasteiger charge is -2.07. The van der Waals surface area contributed by atoms with Crippen molar-refractivity contribution >= 4 is 0 Å². The van der Waals surface area contributed by atoms with E-state index in [1.807, 2.05) is 0 Å². The number of nitrogens with zero attached hydrogens (tertiary/aromatic N) is 1. The summed E-state index contributed by atoms with van der Waals surface area (Å²) in [5.74, 6) is 0.829. The van der Waals surface area contributed by atoms with Gasteiger partial charge in [-0.15, -0.1) is 0 Å². The van der Waals surface area contributed by atoms with Crippen LogP contribution in [0.4, 0.5) is 0 Å². The van der Waals surface area contributed by atoms with Crippen molar-refractivity contribution in [2.24, 2.45) is 5.92 Å².